The lowest BCUT2D eigenvalue weighted by atomic mass is 9.88. The maximum absolute atomic E-state index is 12.1. The fraction of sp³-hybridized carbons (Fsp3) is 0.333. The molecular formula is C21H24N7O2+. The van der Waals surface area contributed by atoms with E-state index >= 15 is 0 Å². The molecule has 2 aromatic heterocycles. The van der Waals surface area contributed by atoms with Gasteiger partial charge in [0.1, 0.15) is 5.75 Å². The smallest absolute Gasteiger partial charge is 0.307 e. The highest BCUT2D eigenvalue weighted by molar-refractivity contribution is 5.84. The number of nitrogens with one attached hydrogen (secondary N) is 4. The Morgan fingerprint density at radius 1 is 1.33 bits per heavy atom. The van der Waals surface area contributed by atoms with Crippen molar-refractivity contribution >= 4 is 34.5 Å². The monoisotopic (exact) mass is 406 g/mol. The van der Waals surface area contributed by atoms with Crippen molar-refractivity contribution in [2.24, 2.45) is 23.5 Å². The van der Waals surface area contributed by atoms with Gasteiger partial charge in [-0.05, 0) is 37.3 Å². The van der Waals surface area contributed by atoms with E-state index < -0.39 is 0 Å². The summed E-state index contributed by atoms with van der Waals surface area (Å²) in [5.74, 6) is 1.76. The number of aromatic nitrogens is 4. The van der Waals surface area contributed by atoms with E-state index in [-0.39, 0.29) is 29.7 Å². The molecule has 1 fully saturated rings. The fourth-order valence-electron chi connectivity index (χ4n) is 4.56. The molecular weight excluding hydrogens is 382 g/mol. The van der Waals surface area contributed by atoms with Gasteiger partial charge in [0.15, 0.2) is 12.1 Å². The number of benzene rings is 1. The maximum atomic E-state index is 12.1. The molecule has 2 aliphatic carbocycles. The van der Waals surface area contributed by atoms with Crippen LogP contribution in [0.2, 0.25) is 0 Å². The van der Waals surface area contributed by atoms with Crippen molar-refractivity contribution in [1.29, 1.82) is 0 Å². The number of nitrogens with zero attached hydrogens (tertiary/aromatic N) is 2. The number of allylic oxidation sites excluding steroid dienone is 1. The average Bonchev–Trinajstić information content (AvgIpc) is 3.44. The number of H-pyrrole nitrogens is 2. The maximum Gasteiger partial charge on any atom is 0.307 e. The first-order valence-electron chi connectivity index (χ1n) is 10.1. The summed E-state index contributed by atoms with van der Waals surface area (Å²) in [5, 5.41) is 6.71. The summed E-state index contributed by atoms with van der Waals surface area (Å²) in [6.45, 7) is 2.54. The molecule has 9 nitrogen and oxygen atoms in total. The summed E-state index contributed by atoms with van der Waals surface area (Å²) >= 11 is 0. The Labute approximate surface area is 173 Å². The van der Waals surface area contributed by atoms with Crippen molar-refractivity contribution in [3.8, 4) is 5.75 Å². The molecule has 4 unspecified atom stereocenters. The largest absolute Gasteiger partial charge is 0.494 e. The topological polar surface area (TPSA) is 132 Å². The summed E-state index contributed by atoms with van der Waals surface area (Å²) in [6.07, 6.45) is 6.91. The molecule has 4 atom stereocenters. The third-order valence-corrected chi connectivity index (χ3v) is 5.83. The number of nitrogens with two attached hydrogens (primary N) is 1. The van der Waals surface area contributed by atoms with Crippen LogP contribution in [0, 0.1) is 17.8 Å². The second kappa shape index (κ2) is 7.33. The predicted octanol–water partition coefficient (Wildman–Crippen LogP) is 2.00. The number of hydrogen-bond donors (Lipinski definition) is 4. The lowest BCUT2D eigenvalue weighted by molar-refractivity contribution is -0.347. The van der Waals surface area contributed by atoms with Crippen LogP contribution in [-0.2, 0) is 4.79 Å². The van der Waals surface area contributed by atoms with Crippen LogP contribution in [0.3, 0.4) is 0 Å². The molecule has 6 N–H and O–H groups in total. The van der Waals surface area contributed by atoms with Gasteiger partial charge < -0.3 is 21.1 Å². The minimum Gasteiger partial charge on any atom is -0.494 e. The predicted molar refractivity (Wildman–Crippen MR) is 112 cm³/mol. The summed E-state index contributed by atoms with van der Waals surface area (Å²) in [7, 11) is 0. The molecule has 1 saturated carbocycles. The van der Waals surface area contributed by atoms with Gasteiger partial charge in [0, 0.05) is 17.8 Å². The number of carbonyl (C=O) groups excluding carboxylic acids is 1. The number of rotatable bonds is 7. The van der Waals surface area contributed by atoms with Crippen LogP contribution in [0.5, 0.6) is 5.75 Å². The van der Waals surface area contributed by atoms with Crippen LogP contribution in [0.1, 0.15) is 13.3 Å². The minimum atomic E-state index is -0.279. The van der Waals surface area contributed by atoms with Crippen LogP contribution in [0.4, 0.5) is 17.5 Å². The van der Waals surface area contributed by atoms with Crippen LogP contribution < -0.4 is 26.1 Å². The molecule has 0 aliphatic heterocycles. The summed E-state index contributed by atoms with van der Waals surface area (Å²) in [6, 6.07) is 7.54. The standard InChI is InChI=1S/C21H23N7O2/c1-2-30-14-5-3-4-13(9-14)25-21-27-19-17(23-10-24-19)20(28-21)26-16-12-7-6-11(8-12)15(16)18(22)29/h3-7,9-12,15-16H,2,8H2,1H3,(H2,22,29)(H3,23,24,25,26,27,28)/p+1. The van der Waals surface area contributed by atoms with Gasteiger partial charge in [-0.1, -0.05) is 23.2 Å². The number of hydrogen-bond acceptors (Lipinski definition) is 6. The van der Waals surface area contributed by atoms with Gasteiger partial charge in [0.05, 0.1) is 12.5 Å². The number of ether oxygens (including phenoxy) is 1. The van der Waals surface area contributed by atoms with Gasteiger partial charge in [-0.25, -0.2) is 4.98 Å². The highest BCUT2D eigenvalue weighted by atomic mass is 16.5. The van der Waals surface area contributed by atoms with Gasteiger partial charge >= 0.3 is 11.6 Å². The van der Waals surface area contributed by atoms with Gasteiger partial charge in [0.25, 0.3) is 0 Å². The van der Waals surface area contributed by atoms with E-state index in [0.717, 1.165) is 23.4 Å². The van der Waals surface area contributed by atoms with E-state index in [1.807, 2.05) is 31.2 Å². The van der Waals surface area contributed by atoms with Gasteiger partial charge in [0.2, 0.25) is 11.4 Å². The molecule has 30 heavy (non-hydrogen) atoms. The Balaban J connectivity index is 1.46. The number of imidazole rings is 1. The van der Waals surface area contributed by atoms with Crippen molar-refractivity contribution < 1.29 is 14.5 Å². The van der Waals surface area contributed by atoms with Gasteiger partial charge in [-0.2, -0.15) is 4.98 Å². The van der Waals surface area contributed by atoms with Crippen molar-refractivity contribution in [3.63, 3.8) is 0 Å². The Morgan fingerprint density at radius 2 is 2.20 bits per heavy atom. The summed E-state index contributed by atoms with van der Waals surface area (Å²) in [5.41, 5.74) is 7.93. The lowest BCUT2D eigenvalue weighted by Gasteiger charge is -2.26. The van der Waals surface area contributed by atoms with Crippen LogP contribution >= 0.6 is 0 Å². The molecule has 2 aliphatic rings. The molecule has 2 heterocycles. The summed E-state index contributed by atoms with van der Waals surface area (Å²) in [4.78, 5) is 27.5. The molecule has 5 rings (SSSR count). The zero-order chi connectivity index (χ0) is 20.7. The quantitative estimate of drug-likeness (QED) is 0.444. The molecule has 0 radical (unpaired) electrons. The van der Waals surface area contributed by atoms with Gasteiger partial charge in [-0.3, -0.25) is 9.78 Å². The molecule has 1 amide bonds. The number of fused-ring (bicyclic) bond motifs is 3. The van der Waals surface area contributed by atoms with Crippen molar-refractivity contribution in [2.45, 2.75) is 19.4 Å². The lowest BCUT2D eigenvalue weighted by Crippen LogP contribution is -2.41. The van der Waals surface area contributed by atoms with E-state index in [4.69, 9.17) is 10.5 Å². The number of primary amides is 1. The Kier molecular flexibility index (Phi) is 4.50. The molecule has 9 heteroatoms. The number of aromatic amines is 2. The van der Waals surface area contributed by atoms with Crippen LogP contribution in [0.25, 0.3) is 11.2 Å². The first-order valence-corrected chi connectivity index (χ1v) is 10.1. The van der Waals surface area contributed by atoms with E-state index in [9.17, 15) is 4.79 Å². The molecule has 2 bridgehead atoms. The molecule has 154 valence electrons. The number of carbonyl (C=O) groups is 1. The first-order chi connectivity index (χ1) is 14.6. The second-order valence-electron chi connectivity index (χ2n) is 7.68. The van der Waals surface area contributed by atoms with Crippen molar-refractivity contribution in [3.05, 3.63) is 42.7 Å². The highest BCUT2D eigenvalue weighted by Gasteiger charge is 2.47. The van der Waals surface area contributed by atoms with Crippen molar-refractivity contribution in [1.82, 2.24) is 15.0 Å². The molecule has 0 spiro atoms. The number of anilines is 3. The highest BCUT2D eigenvalue weighted by Crippen LogP contribution is 2.45. The van der Waals surface area contributed by atoms with Crippen LogP contribution in [0.15, 0.2) is 42.7 Å². The SMILES string of the molecule is CCOc1cccc(Nc2nc(NC3C4C=CC(C4)C3C(N)=O)c3[nH]c[nH+]c3n2)c1. The Hall–Kier alpha value is -3.62. The minimum absolute atomic E-state index is 0.0898. The van der Waals surface area contributed by atoms with Crippen LogP contribution in [-0.4, -0.2) is 33.5 Å². The third kappa shape index (κ3) is 3.22. The molecule has 3 aromatic rings. The molecule has 0 saturated heterocycles. The average molecular weight is 406 g/mol. The zero-order valence-corrected chi connectivity index (χ0v) is 16.6. The molecule has 1 aromatic carbocycles. The van der Waals surface area contributed by atoms with E-state index in [1.54, 1.807) is 6.33 Å². The normalized spacial score (nSPS) is 24.3. The van der Waals surface area contributed by atoms with Crippen molar-refractivity contribution in [2.75, 3.05) is 17.2 Å². The van der Waals surface area contributed by atoms with E-state index in [2.05, 4.69) is 42.7 Å². The second-order valence-corrected chi connectivity index (χ2v) is 7.68. The zero-order valence-electron chi connectivity index (χ0n) is 16.6. The Morgan fingerprint density at radius 3 is 3.03 bits per heavy atom. The number of amides is 1. The summed E-state index contributed by atoms with van der Waals surface area (Å²) < 4.78 is 5.56. The fourth-order valence-corrected chi connectivity index (χ4v) is 4.56. The van der Waals surface area contributed by atoms with E-state index in [0.29, 0.717) is 24.0 Å². The van der Waals surface area contributed by atoms with Gasteiger partial charge in [-0.15, -0.1) is 0 Å². The first kappa shape index (κ1) is 18.4. The third-order valence-electron chi connectivity index (χ3n) is 5.83. The van der Waals surface area contributed by atoms with E-state index in [1.165, 1.54) is 0 Å². The Bertz CT molecular complexity index is 1130.